The normalized spacial score (nSPS) is 10.3. The first-order valence-electron chi connectivity index (χ1n) is 5.52. The Morgan fingerprint density at radius 1 is 1.39 bits per heavy atom. The Morgan fingerprint density at radius 3 is 2.72 bits per heavy atom. The van der Waals surface area contributed by atoms with E-state index in [-0.39, 0.29) is 11.7 Å². The molecule has 1 aromatic carbocycles. The summed E-state index contributed by atoms with van der Waals surface area (Å²) in [6, 6.07) is 6.94. The summed E-state index contributed by atoms with van der Waals surface area (Å²) in [4.78, 5) is 12.3. The number of aromatic nitrogens is 2. The lowest BCUT2D eigenvalue weighted by molar-refractivity contribution is 0.0957. The third kappa shape index (κ3) is 3.04. The van der Waals surface area contributed by atoms with Crippen molar-refractivity contribution in [3.63, 3.8) is 0 Å². The minimum absolute atomic E-state index is 0.138. The maximum atomic E-state index is 11.8. The third-order valence-corrected chi connectivity index (χ3v) is 3.32. The van der Waals surface area contributed by atoms with Crippen molar-refractivity contribution in [3.8, 4) is 5.75 Å². The van der Waals surface area contributed by atoms with Crippen LogP contribution in [0.4, 0.5) is 0 Å². The molecular weight excluding hydrogens is 250 g/mol. The topological polar surface area (TPSA) is 75.1 Å². The molecule has 0 spiro atoms. The molecule has 2 N–H and O–H groups in total. The fraction of sp³-hybridized carbons (Fsp3) is 0.250. The fourth-order valence-electron chi connectivity index (χ4n) is 1.50. The molecule has 0 fully saturated rings. The zero-order valence-corrected chi connectivity index (χ0v) is 10.7. The van der Waals surface area contributed by atoms with Gasteiger partial charge in [0.1, 0.15) is 10.6 Å². The molecule has 0 saturated carbocycles. The smallest absolute Gasteiger partial charge is 0.264 e. The van der Waals surface area contributed by atoms with Crippen molar-refractivity contribution in [1.82, 2.24) is 14.9 Å². The molecule has 1 heterocycles. The van der Waals surface area contributed by atoms with Gasteiger partial charge in [0, 0.05) is 6.54 Å². The highest BCUT2D eigenvalue weighted by atomic mass is 32.1. The number of phenols is 1. The molecule has 5 nitrogen and oxygen atoms in total. The largest absolute Gasteiger partial charge is 0.508 e. The van der Waals surface area contributed by atoms with E-state index < -0.39 is 0 Å². The van der Waals surface area contributed by atoms with Crippen LogP contribution in [0.25, 0.3) is 0 Å². The Kier molecular flexibility index (Phi) is 3.88. The lowest BCUT2D eigenvalue weighted by Crippen LogP contribution is -2.25. The molecule has 0 aliphatic rings. The molecule has 0 aliphatic carbocycles. The number of rotatable bonds is 4. The van der Waals surface area contributed by atoms with Gasteiger partial charge in [0.05, 0.1) is 5.69 Å². The minimum Gasteiger partial charge on any atom is -0.508 e. The molecule has 94 valence electrons. The summed E-state index contributed by atoms with van der Waals surface area (Å²) in [7, 11) is 0. The monoisotopic (exact) mass is 263 g/mol. The first kappa shape index (κ1) is 12.5. The average Bonchev–Trinajstić information content (AvgIpc) is 2.78. The van der Waals surface area contributed by atoms with E-state index in [0.717, 1.165) is 23.5 Å². The molecule has 2 rings (SSSR count). The number of benzene rings is 1. The fourth-order valence-corrected chi connectivity index (χ4v) is 2.08. The van der Waals surface area contributed by atoms with Crippen LogP contribution in [0.15, 0.2) is 24.3 Å². The summed E-state index contributed by atoms with van der Waals surface area (Å²) < 4.78 is 3.72. The van der Waals surface area contributed by atoms with Crippen molar-refractivity contribution < 1.29 is 9.90 Å². The number of nitrogens with one attached hydrogen (secondary N) is 1. The Hall–Kier alpha value is -1.95. The molecule has 0 aliphatic heterocycles. The van der Waals surface area contributed by atoms with Crippen LogP contribution < -0.4 is 5.32 Å². The quantitative estimate of drug-likeness (QED) is 0.877. The van der Waals surface area contributed by atoms with Crippen LogP contribution >= 0.6 is 11.5 Å². The molecule has 0 saturated heterocycles. The molecule has 1 aromatic heterocycles. The first-order valence-corrected chi connectivity index (χ1v) is 6.29. The second-order valence-electron chi connectivity index (χ2n) is 3.86. The van der Waals surface area contributed by atoms with Gasteiger partial charge in [0.15, 0.2) is 0 Å². The van der Waals surface area contributed by atoms with E-state index in [1.54, 1.807) is 19.1 Å². The number of hydrogen-bond donors (Lipinski definition) is 2. The third-order valence-electron chi connectivity index (χ3n) is 2.49. The molecule has 18 heavy (non-hydrogen) atoms. The molecule has 0 unspecified atom stereocenters. The number of phenolic OH excluding ortho intramolecular Hbond substituents is 1. The van der Waals surface area contributed by atoms with Crippen LogP contribution in [0, 0.1) is 6.92 Å². The summed E-state index contributed by atoms with van der Waals surface area (Å²) in [6.45, 7) is 2.30. The van der Waals surface area contributed by atoms with Gasteiger partial charge in [-0.05, 0) is 42.6 Å². The SMILES string of the molecule is Cc1nnsc1C(=O)NCCc1ccc(O)cc1. The van der Waals surface area contributed by atoms with Gasteiger partial charge in [0.2, 0.25) is 0 Å². The lowest BCUT2D eigenvalue weighted by Gasteiger charge is -2.04. The first-order chi connectivity index (χ1) is 8.66. The molecule has 2 aromatic rings. The van der Waals surface area contributed by atoms with Gasteiger partial charge in [-0.2, -0.15) is 0 Å². The predicted molar refractivity (Wildman–Crippen MR) is 68.8 cm³/mol. The van der Waals surface area contributed by atoms with Gasteiger partial charge < -0.3 is 10.4 Å². The van der Waals surface area contributed by atoms with E-state index in [4.69, 9.17) is 5.11 Å². The van der Waals surface area contributed by atoms with Crippen molar-refractivity contribution in [2.24, 2.45) is 0 Å². The molecular formula is C12H13N3O2S. The van der Waals surface area contributed by atoms with Crippen LogP contribution in [0.3, 0.4) is 0 Å². The van der Waals surface area contributed by atoms with Crippen LogP contribution in [0.1, 0.15) is 20.9 Å². The Labute approximate surface area is 109 Å². The van der Waals surface area contributed by atoms with Crippen molar-refractivity contribution in [2.75, 3.05) is 6.54 Å². The highest BCUT2D eigenvalue weighted by Gasteiger charge is 2.11. The van der Waals surface area contributed by atoms with E-state index in [1.165, 1.54) is 0 Å². The van der Waals surface area contributed by atoms with Gasteiger partial charge in [-0.25, -0.2) is 0 Å². The molecule has 1 amide bonds. The summed E-state index contributed by atoms with van der Waals surface area (Å²) in [5, 5.41) is 15.8. The second kappa shape index (κ2) is 5.59. The van der Waals surface area contributed by atoms with Gasteiger partial charge in [-0.15, -0.1) is 5.10 Å². The number of nitrogens with zero attached hydrogens (tertiary/aromatic N) is 2. The van der Waals surface area contributed by atoms with E-state index in [1.807, 2.05) is 12.1 Å². The Morgan fingerprint density at radius 2 is 2.11 bits per heavy atom. The Bertz CT molecular complexity index is 537. The zero-order valence-electron chi connectivity index (χ0n) is 9.88. The molecule has 0 bridgehead atoms. The number of carbonyl (C=O) groups excluding carboxylic acids is 1. The highest BCUT2D eigenvalue weighted by Crippen LogP contribution is 2.10. The number of amides is 1. The molecule has 6 heteroatoms. The summed E-state index contributed by atoms with van der Waals surface area (Å²) in [5.74, 6) is 0.107. The average molecular weight is 263 g/mol. The van der Waals surface area contributed by atoms with Gasteiger partial charge in [-0.1, -0.05) is 16.6 Å². The predicted octanol–water partition coefficient (Wildman–Crippen LogP) is 1.52. The molecule has 0 radical (unpaired) electrons. The van der Waals surface area contributed by atoms with E-state index in [0.29, 0.717) is 17.1 Å². The summed E-state index contributed by atoms with van der Waals surface area (Å²) >= 11 is 1.10. The van der Waals surface area contributed by atoms with E-state index >= 15 is 0 Å². The van der Waals surface area contributed by atoms with Crippen molar-refractivity contribution >= 4 is 17.4 Å². The van der Waals surface area contributed by atoms with Gasteiger partial charge in [0.25, 0.3) is 5.91 Å². The standard InChI is InChI=1S/C12H13N3O2S/c1-8-11(18-15-14-8)12(17)13-7-6-9-2-4-10(16)5-3-9/h2-5,16H,6-7H2,1H3,(H,13,17). The minimum atomic E-state index is -0.138. The number of hydrogen-bond acceptors (Lipinski definition) is 5. The van der Waals surface area contributed by atoms with Gasteiger partial charge >= 0.3 is 0 Å². The van der Waals surface area contributed by atoms with Crippen molar-refractivity contribution in [1.29, 1.82) is 0 Å². The van der Waals surface area contributed by atoms with Crippen LogP contribution in [-0.2, 0) is 6.42 Å². The van der Waals surface area contributed by atoms with Gasteiger partial charge in [-0.3, -0.25) is 4.79 Å². The maximum absolute atomic E-state index is 11.8. The number of aromatic hydroxyl groups is 1. The van der Waals surface area contributed by atoms with Crippen LogP contribution in [0.5, 0.6) is 5.75 Å². The van der Waals surface area contributed by atoms with Crippen LogP contribution in [0.2, 0.25) is 0 Å². The van der Waals surface area contributed by atoms with Crippen molar-refractivity contribution in [3.05, 3.63) is 40.4 Å². The molecule has 0 atom stereocenters. The number of carbonyl (C=O) groups is 1. The zero-order chi connectivity index (χ0) is 13.0. The maximum Gasteiger partial charge on any atom is 0.264 e. The van der Waals surface area contributed by atoms with Crippen LogP contribution in [-0.4, -0.2) is 27.1 Å². The van der Waals surface area contributed by atoms with E-state index in [9.17, 15) is 4.79 Å². The summed E-state index contributed by atoms with van der Waals surface area (Å²) in [5.41, 5.74) is 1.72. The van der Waals surface area contributed by atoms with Crippen molar-refractivity contribution in [2.45, 2.75) is 13.3 Å². The highest BCUT2D eigenvalue weighted by molar-refractivity contribution is 7.07. The number of aryl methyl sites for hydroxylation is 1. The lowest BCUT2D eigenvalue weighted by atomic mass is 10.1. The summed E-state index contributed by atoms with van der Waals surface area (Å²) in [6.07, 6.45) is 0.720. The Balaban J connectivity index is 1.84. The second-order valence-corrected chi connectivity index (χ2v) is 4.61. The van der Waals surface area contributed by atoms with E-state index in [2.05, 4.69) is 14.9 Å².